The van der Waals surface area contributed by atoms with E-state index in [4.69, 9.17) is 0 Å². The summed E-state index contributed by atoms with van der Waals surface area (Å²) in [6.07, 6.45) is 0. The van der Waals surface area contributed by atoms with Crippen molar-refractivity contribution in [2.24, 2.45) is 0 Å². The SMILES string of the molecule is BrCBr.O=[PH]([O-])O[PH](=O)[O-].[Ba+2]. The van der Waals surface area contributed by atoms with Gasteiger partial charge in [0.15, 0.2) is 0 Å². The van der Waals surface area contributed by atoms with Gasteiger partial charge in [0.05, 0.1) is 4.24 Å². The normalized spacial score (nSPS) is 13.5. The minimum Gasteiger partial charge on any atom is -0.781 e. The summed E-state index contributed by atoms with van der Waals surface area (Å²) in [6.45, 7) is 0. The predicted molar refractivity (Wildman–Crippen MR) is 47.6 cm³/mol. The molecule has 0 spiro atoms. The third-order valence-electron chi connectivity index (χ3n) is 0.167. The van der Waals surface area contributed by atoms with Gasteiger partial charge in [-0.05, 0) is 0 Å². The Balaban J connectivity index is -0.000000140. The molecule has 0 saturated carbocycles. The molecule has 0 aliphatic heterocycles. The molecule has 0 N–H and O–H groups in total. The van der Waals surface area contributed by atoms with Gasteiger partial charge in [0.25, 0.3) is 0 Å². The number of alkyl halides is 2. The van der Waals surface area contributed by atoms with Gasteiger partial charge in [0.1, 0.15) is 16.5 Å². The van der Waals surface area contributed by atoms with Crippen LogP contribution in [0.5, 0.6) is 0 Å². The Morgan fingerprint density at radius 3 is 1.36 bits per heavy atom. The predicted octanol–water partition coefficient (Wildman–Crippen LogP) is -0.144. The third kappa shape index (κ3) is 32.2. The largest absolute Gasteiger partial charge is 2.00 e. The van der Waals surface area contributed by atoms with E-state index in [0.29, 0.717) is 0 Å². The molecule has 0 aromatic heterocycles. The van der Waals surface area contributed by atoms with Gasteiger partial charge in [-0.15, -0.1) is 0 Å². The number of hydrogen-bond donors (Lipinski definition) is 0. The first-order chi connectivity index (χ1) is 4.54. The molecule has 0 bridgehead atoms. The second kappa shape index (κ2) is 15.3. The van der Waals surface area contributed by atoms with Crippen LogP contribution in [0.3, 0.4) is 0 Å². The van der Waals surface area contributed by atoms with Crippen molar-refractivity contribution in [2.45, 2.75) is 0 Å². The number of hydrogen-bond acceptors (Lipinski definition) is 5. The van der Waals surface area contributed by atoms with Crippen molar-refractivity contribution in [3.8, 4) is 0 Å². The van der Waals surface area contributed by atoms with E-state index in [2.05, 4.69) is 36.2 Å². The van der Waals surface area contributed by atoms with Crippen molar-refractivity contribution in [3.63, 3.8) is 0 Å². The van der Waals surface area contributed by atoms with E-state index in [1.54, 1.807) is 0 Å². The van der Waals surface area contributed by atoms with E-state index >= 15 is 0 Å². The van der Waals surface area contributed by atoms with Crippen molar-refractivity contribution >= 4 is 97.3 Å². The second-order valence-electron chi connectivity index (χ2n) is 0.703. The van der Waals surface area contributed by atoms with Crippen molar-refractivity contribution < 1.29 is 23.2 Å². The first kappa shape index (κ1) is 19.4. The van der Waals surface area contributed by atoms with Crippen molar-refractivity contribution in [1.29, 1.82) is 0 Å². The van der Waals surface area contributed by atoms with Crippen molar-refractivity contribution in [3.05, 3.63) is 0 Å². The average Bonchev–Trinajstić information content (AvgIpc) is 1.62. The fourth-order valence-corrected chi connectivity index (χ4v) is 0.612. The summed E-state index contributed by atoms with van der Waals surface area (Å²) in [4.78, 5) is 18.6. The molecule has 0 saturated heterocycles. The summed E-state index contributed by atoms with van der Waals surface area (Å²) < 4.78 is 22.7. The summed E-state index contributed by atoms with van der Waals surface area (Å²) in [5, 5.41) is 0. The molecule has 2 unspecified atom stereocenters. The Labute approximate surface area is 123 Å². The van der Waals surface area contributed by atoms with Gasteiger partial charge >= 0.3 is 48.9 Å². The topological polar surface area (TPSA) is 89.5 Å². The fourth-order valence-electron chi connectivity index (χ4n) is 0.0680. The summed E-state index contributed by atoms with van der Waals surface area (Å²) in [5.74, 6) is 0. The Bertz CT molecular complexity index is 109. The van der Waals surface area contributed by atoms with Crippen LogP contribution in [0.2, 0.25) is 0 Å². The molecule has 0 fully saturated rings. The summed E-state index contributed by atoms with van der Waals surface area (Å²) in [5.41, 5.74) is 0. The molecule has 0 aliphatic carbocycles. The molecule has 5 nitrogen and oxygen atoms in total. The van der Waals surface area contributed by atoms with E-state index in [-0.39, 0.29) is 48.9 Å². The molecule has 0 radical (unpaired) electrons. The first-order valence-electron chi connectivity index (χ1n) is 1.76. The van der Waals surface area contributed by atoms with Crippen LogP contribution in [0, 0.1) is 0 Å². The van der Waals surface area contributed by atoms with Gasteiger partial charge in [0.2, 0.25) is 0 Å². The molecule has 2 atom stereocenters. The summed E-state index contributed by atoms with van der Waals surface area (Å²) in [6, 6.07) is 0. The van der Waals surface area contributed by atoms with Gasteiger partial charge in [0, 0.05) is 0 Å². The Morgan fingerprint density at radius 2 is 1.36 bits per heavy atom. The maximum absolute atomic E-state index is 9.29. The van der Waals surface area contributed by atoms with Crippen LogP contribution in [-0.4, -0.2) is 53.1 Å². The van der Waals surface area contributed by atoms with Crippen LogP contribution in [0.1, 0.15) is 0 Å². The molecular weight excluding hydrogens is 451 g/mol. The minimum absolute atomic E-state index is 0. The smallest absolute Gasteiger partial charge is 0.781 e. The van der Waals surface area contributed by atoms with Crippen LogP contribution in [-0.2, 0) is 13.4 Å². The van der Waals surface area contributed by atoms with Gasteiger partial charge in [-0.25, -0.2) is 0 Å². The Hall–Kier alpha value is 2.87. The Kier molecular flexibility index (Phi) is 27.1. The molecule has 11 heavy (non-hydrogen) atoms. The molecule has 10 heteroatoms. The van der Waals surface area contributed by atoms with Crippen molar-refractivity contribution in [1.82, 2.24) is 0 Å². The molecule has 0 aromatic rings. The molecular formula is CH4BaBr2O5P2. The molecule has 0 heterocycles. The molecule has 0 amide bonds. The number of halogens is 2. The molecule has 0 aliphatic rings. The van der Waals surface area contributed by atoms with E-state index < -0.39 is 16.5 Å². The zero-order valence-corrected chi connectivity index (χ0v) is 14.8. The van der Waals surface area contributed by atoms with E-state index in [1.807, 2.05) is 0 Å². The van der Waals surface area contributed by atoms with Crippen LogP contribution < -0.4 is 9.79 Å². The third-order valence-corrected chi connectivity index (χ3v) is 1.50. The molecule has 0 aromatic carbocycles. The van der Waals surface area contributed by atoms with E-state index in [9.17, 15) is 18.9 Å². The monoisotopic (exact) mass is 454 g/mol. The van der Waals surface area contributed by atoms with Gasteiger partial charge in [-0.3, -0.25) is 4.31 Å². The van der Waals surface area contributed by atoms with Crippen LogP contribution in [0.15, 0.2) is 0 Å². The first-order valence-corrected chi connectivity index (χ1v) is 6.45. The Morgan fingerprint density at radius 1 is 1.18 bits per heavy atom. The van der Waals surface area contributed by atoms with Gasteiger partial charge < -0.3 is 18.9 Å². The fraction of sp³-hybridized carbons (Fsp3) is 1.00. The number of rotatable bonds is 2. The van der Waals surface area contributed by atoms with Crippen LogP contribution >= 0.6 is 48.4 Å². The molecule has 64 valence electrons. The van der Waals surface area contributed by atoms with Gasteiger partial charge in [-0.1, -0.05) is 31.9 Å². The van der Waals surface area contributed by atoms with E-state index in [0.717, 1.165) is 4.24 Å². The standard InChI is InChI=1S/CH2Br2.Ba.H4O5P2/c2-1-3;;1-6(2)5-7(3)4/h1H2;;6-7H,(H,1,2)(H,3,4)/q;+2;/p-2. The summed E-state index contributed by atoms with van der Waals surface area (Å²) in [7, 11) is -7.03. The summed E-state index contributed by atoms with van der Waals surface area (Å²) >= 11 is 6.12. The quantitative estimate of drug-likeness (QED) is 0.329. The maximum atomic E-state index is 9.29. The minimum atomic E-state index is -3.51. The van der Waals surface area contributed by atoms with Crippen molar-refractivity contribution in [2.75, 3.05) is 4.24 Å². The van der Waals surface area contributed by atoms with Gasteiger partial charge in [-0.2, -0.15) is 0 Å². The van der Waals surface area contributed by atoms with Crippen LogP contribution in [0.25, 0.3) is 0 Å². The average molecular weight is 455 g/mol. The zero-order valence-electron chi connectivity index (χ0n) is 5.21. The molecule has 0 rings (SSSR count). The van der Waals surface area contributed by atoms with E-state index in [1.165, 1.54) is 0 Å². The second-order valence-corrected chi connectivity index (χ2v) is 5.15. The zero-order chi connectivity index (χ0) is 8.57. The van der Waals surface area contributed by atoms with Crippen LogP contribution in [0.4, 0.5) is 0 Å². The maximum Gasteiger partial charge on any atom is 2.00 e.